The van der Waals surface area contributed by atoms with E-state index >= 15 is 0 Å². The van der Waals surface area contributed by atoms with Gasteiger partial charge < -0.3 is 15.4 Å². The fourth-order valence-electron chi connectivity index (χ4n) is 2.32. The standard InChI is InChI=1S/C19H26N2O2S/c1-19(2,3)23-18(22)21-13-8-12-20-17(16-11-7-14-24-16)15-9-5-4-6-10-15/h4-7,9-11,14,17,20H,8,12-13H2,1-3H3,(H,21,22). The van der Waals surface area contributed by atoms with Crippen molar-refractivity contribution >= 4 is 17.4 Å². The largest absolute Gasteiger partial charge is 0.444 e. The number of thiophene rings is 1. The number of carbonyl (C=O) groups is 1. The normalized spacial score (nSPS) is 12.6. The van der Waals surface area contributed by atoms with Crippen LogP contribution in [0.25, 0.3) is 0 Å². The van der Waals surface area contributed by atoms with E-state index in [2.05, 4.69) is 52.4 Å². The molecule has 130 valence electrons. The van der Waals surface area contributed by atoms with Gasteiger partial charge in [0.2, 0.25) is 0 Å². The van der Waals surface area contributed by atoms with E-state index in [4.69, 9.17) is 4.74 Å². The number of nitrogens with one attached hydrogen (secondary N) is 2. The summed E-state index contributed by atoms with van der Waals surface area (Å²) in [7, 11) is 0. The topological polar surface area (TPSA) is 50.4 Å². The van der Waals surface area contributed by atoms with E-state index in [-0.39, 0.29) is 12.1 Å². The van der Waals surface area contributed by atoms with Gasteiger partial charge in [-0.25, -0.2) is 4.79 Å². The third-order valence-corrected chi connectivity index (χ3v) is 4.27. The monoisotopic (exact) mass is 346 g/mol. The van der Waals surface area contributed by atoms with Crippen LogP contribution >= 0.6 is 11.3 Å². The van der Waals surface area contributed by atoms with E-state index in [1.54, 1.807) is 11.3 Å². The summed E-state index contributed by atoms with van der Waals surface area (Å²) >= 11 is 1.75. The van der Waals surface area contributed by atoms with Crippen molar-refractivity contribution in [2.75, 3.05) is 13.1 Å². The first-order chi connectivity index (χ1) is 11.5. The Kier molecular flexibility index (Phi) is 6.82. The highest BCUT2D eigenvalue weighted by Crippen LogP contribution is 2.25. The van der Waals surface area contributed by atoms with Crippen molar-refractivity contribution in [3.05, 3.63) is 58.3 Å². The van der Waals surface area contributed by atoms with Crippen LogP contribution in [0, 0.1) is 0 Å². The molecule has 0 fully saturated rings. The highest BCUT2D eigenvalue weighted by Gasteiger charge is 2.16. The second kappa shape index (κ2) is 8.85. The Hall–Kier alpha value is -1.85. The molecule has 0 spiro atoms. The lowest BCUT2D eigenvalue weighted by atomic mass is 10.1. The van der Waals surface area contributed by atoms with E-state index in [1.807, 2.05) is 26.8 Å². The van der Waals surface area contributed by atoms with Crippen molar-refractivity contribution in [1.29, 1.82) is 0 Å². The minimum atomic E-state index is -0.458. The molecule has 0 aliphatic heterocycles. The Labute approximate surface area is 148 Å². The second-order valence-corrected chi connectivity index (χ2v) is 7.57. The minimum absolute atomic E-state index is 0.188. The SMILES string of the molecule is CC(C)(C)OC(=O)NCCCNC(c1ccccc1)c1cccs1. The number of amides is 1. The van der Waals surface area contributed by atoms with Crippen LogP contribution in [0.4, 0.5) is 4.79 Å². The summed E-state index contributed by atoms with van der Waals surface area (Å²) in [4.78, 5) is 12.9. The summed E-state index contributed by atoms with van der Waals surface area (Å²) in [5.74, 6) is 0. The number of alkyl carbamates (subject to hydrolysis) is 1. The third-order valence-electron chi connectivity index (χ3n) is 3.33. The van der Waals surface area contributed by atoms with Gasteiger partial charge in [0.05, 0.1) is 6.04 Å². The maximum atomic E-state index is 11.6. The summed E-state index contributed by atoms with van der Waals surface area (Å²) < 4.78 is 5.22. The van der Waals surface area contributed by atoms with E-state index in [1.165, 1.54) is 10.4 Å². The van der Waals surface area contributed by atoms with Gasteiger partial charge in [-0.05, 0) is 50.7 Å². The average molecular weight is 346 g/mol. The molecule has 1 amide bonds. The molecule has 1 atom stereocenters. The predicted octanol–water partition coefficient (Wildman–Crippen LogP) is 4.34. The van der Waals surface area contributed by atoms with E-state index < -0.39 is 5.60 Å². The summed E-state index contributed by atoms with van der Waals surface area (Å²) in [6.07, 6.45) is 0.480. The average Bonchev–Trinajstić information content (AvgIpc) is 3.04. The molecule has 1 aromatic heterocycles. The number of benzene rings is 1. The Balaban J connectivity index is 1.79. The van der Waals surface area contributed by atoms with Crippen LogP contribution in [-0.4, -0.2) is 24.8 Å². The molecule has 5 heteroatoms. The Bertz CT molecular complexity index is 606. The van der Waals surface area contributed by atoms with Crippen molar-refractivity contribution < 1.29 is 9.53 Å². The highest BCUT2D eigenvalue weighted by atomic mass is 32.1. The summed E-state index contributed by atoms with van der Waals surface area (Å²) in [5, 5.41) is 8.46. The van der Waals surface area contributed by atoms with Crippen LogP contribution in [0.2, 0.25) is 0 Å². The molecule has 0 aliphatic carbocycles. The number of ether oxygens (including phenoxy) is 1. The van der Waals surface area contributed by atoms with Gasteiger partial charge in [0.25, 0.3) is 0 Å². The van der Waals surface area contributed by atoms with Crippen molar-refractivity contribution in [2.24, 2.45) is 0 Å². The Morgan fingerprint density at radius 2 is 1.88 bits per heavy atom. The zero-order chi connectivity index (χ0) is 17.4. The lowest BCUT2D eigenvalue weighted by Crippen LogP contribution is -2.34. The fraction of sp³-hybridized carbons (Fsp3) is 0.421. The van der Waals surface area contributed by atoms with Crippen molar-refractivity contribution in [2.45, 2.75) is 38.8 Å². The lowest BCUT2D eigenvalue weighted by Gasteiger charge is -2.20. The predicted molar refractivity (Wildman–Crippen MR) is 99.5 cm³/mol. The molecule has 0 saturated heterocycles. The first-order valence-corrected chi connectivity index (χ1v) is 9.12. The zero-order valence-electron chi connectivity index (χ0n) is 14.5. The van der Waals surface area contributed by atoms with Gasteiger partial charge in [-0.15, -0.1) is 11.3 Å². The Morgan fingerprint density at radius 3 is 2.50 bits per heavy atom. The maximum Gasteiger partial charge on any atom is 0.407 e. The van der Waals surface area contributed by atoms with Crippen LogP contribution in [0.1, 0.15) is 43.7 Å². The number of hydrogen-bond acceptors (Lipinski definition) is 4. The molecule has 0 saturated carbocycles. The zero-order valence-corrected chi connectivity index (χ0v) is 15.4. The molecule has 2 aromatic rings. The first-order valence-electron chi connectivity index (χ1n) is 8.24. The summed E-state index contributed by atoms with van der Waals surface area (Å²) in [6.45, 7) is 6.99. The second-order valence-electron chi connectivity index (χ2n) is 6.60. The smallest absolute Gasteiger partial charge is 0.407 e. The number of carbonyl (C=O) groups excluding carboxylic acids is 1. The van der Waals surface area contributed by atoms with E-state index in [9.17, 15) is 4.79 Å². The molecule has 2 N–H and O–H groups in total. The van der Waals surface area contributed by atoms with Gasteiger partial charge in [0, 0.05) is 11.4 Å². The van der Waals surface area contributed by atoms with E-state index in [0.717, 1.165) is 13.0 Å². The minimum Gasteiger partial charge on any atom is -0.444 e. The van der Waals surface area contributed by atoms with Gasteiger partial charge in [-0.1, -0.05) is 36.4 Å². The fourth-order valence-corrected chi connectivity index (χ4v) is 3.15. The maximum absolute atomic E-state index is 11.6. The quantitative estimate of drug-likeness (QED) is 0.733. The third kappa shape index (κ3) is 6.34. The van der Waals surface area contributed by atoms with Crippen LogP contribution in [-0.2, 0) is 4.74 Å². The van der Waals surface area contributed by atoms with Gasteiger partial charge in [0.1, 0.15) is 5.60 Å². The van der Waals surface area contributed by atoms with Crippen molar-refractivity contribution in [1.82, 2.24) is 10.6 Å². The lowest BCUT2D eigenvalue weighted by molar-refractivity contribution is 0.0527. The molecule has 1 heterocycles. The number of hydrogen-bond donors (Lipinski definition) is 2. The first kappa shape index (κ1) is 18.5. The van der Waals surface area contributed by atoms with Crippen LogP contribution in [0.3, 0.4) is 0 Å². The molecule has 1 unspecified atom stereocenters. The van der Waals surface area contributed by atoms with Crippen molar-refractivity contribution in [3.8, 4) is 0 Å². The molecule has 24 heavy (non-hydrogen) atoms. The van der Waals surface area contributed by atoms with Gasteiger partial charge in [0.15, 0.2) is 0 Å². The van der Waals surface area contributed by atoms with Gasteiger partial charge in [-0.2, -0.15) is 0 Å². The molecule has 2 rings (SSSR count). The molecule has 4 nitrogen and oxygen atoms in total. The van der Waals surface area contributed by atoms with Crippen molar-refractivity contribution in [3.63, 3.8) is 0 Å². The summed E-state index contributed by atoms with van der Waals surface area (Å²) in [6, 6.07) is 14.8. The van der Waals surface area contributed by atoms with Crippen LogP contribution < -0.4 is 10.6 Å². The number of rotatable bonds is 7. The highest BCUT2D eigenvalue weighted by molar-refractivity contribution is 7.10. The van der Waals surface area contributed by atoms with Crippen LogP contribution in [0.5, 0.6) is 0 Å². The Morgan fingerprint density at radius 1 is 1.12 bits per heavy atom. The molecular weight excluding hydrogens is 320 g/mol. The molecular formula is C19H26N2O2S. The molecule has 0 bridgehead atoms. The van der Waals surface area contributed by atoms with Gasteiger partial charge >= 0.3 is 6.09 Å². The van der Waals surface area contributed by atoms with E-state index in [0.29, 0.717) is 6.54 Å². The van der Waals surface area contributed by atoms with Gasteiger partial charge in [-0.3, -0.25) is 0 Å². The molecule has 1 aromatic carbocycles. The molecule has 0 radical (unpaired) electrons. The van der Waals surface area contributed by atoms with Crippen LogP contribution in [0.15, 0.2) is 47.8 Å². The summed E-state index contributed by atoms with van der Waals surface area (Å²) in [5.41, 5.74) is 0.792. The molecule has 0 aliphatic rings.